The number of carbonyl (C=O) groups excluding carboxylic acids is 1. The smallest absolute Gasteiger partial charge is 0.225 e. The second-order valence-corrected chi connectivity index (χ2v) is 7.16. The van der Waals surface area contributed by atoms with Gasteiger partial charge in [0.15, 0.2) is 17.2 Å². The van der Waals surface area contributed by atoms with Gasteiger partial charge in [-0.1, -0.05) is 23.9 Å². The van der Waals surface area contributed by atoms with E-state index in [9.17, 15) is 4.79 Å². The fourth-order valence-electron chi connectivity index (χ4n) is 2.73. The normalized spacial score (nSPS) is 10.7. The highest BCUT2D eigenvalue weighted by atomic mass is 32.2. The summed E-state index contributed by atoms with van der Waals surface area (Å²) >= 11 is 1.34. The van der Waals surface area contributed by atoms with Crippen molar-refractivity contribution in [3.63, 3.8) is 0 Å². The Morgan fingerprint density at radius 2 is 1.73 bits per heavy atom. The fraction of sp³-hybridized carbons (Fsp3) is 0.143. The number of amides is 1. The van der Waals surface area contributed by atoms with Crippen LogP contribution >= 0.6 is 11.8 Å². The molecule has 0 spiro atoms. The minimum absolute atomic E-state index is 0.126. The lowest BCUT2D eigenvalue weighted by atomic mass is 10.2. The average Bonchev–Trinajstić information content (AvgIpc) is 3.48. The number of carbonyl (C=O) groups is 1. The van der Waals surface area contributed by atoms with E-state index < -0.39 is 0 Å². The standard InChI is InChI=1S/C21H18N4O4S/c1-27-15-7-3-2-6-14(15)22-18(26)10-13-30-21-23-19(16-8-4-11-28-16)20(24-25-21)17-9-5-12-29-17/h2-9,11-12H,10,13H2,1H3,(H,22,26). The quantitative estimate of drug-likeness (QED) is 0.413. The van der Waals surface area contributed by atoms with E-state index in [2.05, 4.69) is 20.5 Å². The summed E-state index contributed by atoms with van der Waals surface area (Å²) < 4.78 is 16.2. The minimum atomic E-state index is -0.126. The van der Waals surface area contributed by atoms with E-state index in [1.807, 2.05) is 12.1 Å². The van der Waals surface area contributed by atoms with E-state index in [-0.39, 0.29) is 12.3 Å². The Labute approximate surface area is 176 Å². The molecule has 30 heavy (non-hydrogen) atoms. The van der Waals surface area contributed by atoms with Gasteiger partial charge in [-0.3, -0.25) is 4.79 Å². The second-order valence-electron chi connectivity index (χ2n) is 6.09. The fourth-order valence-corrected chi connectivity index (χ4v) is 3.46. The van der Waals surface area contributed by atoms with Crippen molar-refractivity contribution in [2.24, 2.45) is 0 Å². The van der Waals surface area contributed by atoms with Crippen LogP contribution in [0.4, 0.5) is 5.69 Å². The van der Waals surface area contributed by atoms with Crippen LogP contribution in [-0.2, 0) is 4.79 Å². The van der Waals surface area contributed by atoms with Crippen molar-refractivity contribution in [1.29, 1.82) is 0 Å². The van der Waals surface area contributed by atoms with Gasteiger partial charge in [-0.25, -0.2) is 4.98 Å². The molecule has 4 rings (SSSR count). The maximum atomic E-state index is 12.3. The molecule has 8 nitrogen and oxygen atoms in total. The van der Waals surface area contributed by atoms with Crippen molar-refractivity contribution in [3.05, 3.63) is 61.1 Å². The Morgan fingerprint density at radius 1 is 1.00 bits per heavy atom. The summed E-state index contributed by atoms with van der Waals surface area (Å²) in [5, 5.41) is 11.7. The Morgan fingerprint density at radius 3 is 2.43 bits per heavy atom. The molecule has 1 aromatic carbocycles. The van der Waals surface area contributed by atoms with E-state index in [4.69, 9.17) is 13.6 Å². The van der Waals surface area contributed by atoms with Crippen molar-refractivity contribution in [2.75, 3.05) is 18.2 Å². The third kappa shape index (κ3) is 4.52. The molecule has 0 bridgehead atoms. The minimum Gasteiger partial charge on any atom is -0.495 e. The van der Waals surface area contributed by atoms with Crippen LogP contribution in [-0.4, -0.2) is 34.0 Å². The maximum Gasteiger partial charge on any atom is 0.225 e. The van der Waals surface area contributed by atoms with E-state index in [0.717, 1.165) is 0 Å². The zero-order valence-corrected chi connectivity index (χ0v) is 16.9. The molecule has 0 saturated heterocycles. The summed E-state index contributed by atoms with van der Waals surface area (Å²) in [4.78, 5) is 16.8. The number of hydrogen-bond acceptors (Lipinski definition) is 8. The molecule has 3 heterocycles. The van der Waals surface area contributed by atoms with Crippen molar-refractivity contribution in [1.82, 2.24) is 15.2 Å². The second kappa shape index (κ2) is 9.27. The molecule has 0 fully saturated rings. The van der Waals surface area contributed by atoms with Crippen LogP contribution in [0.3, 0.4) is 0 Å². The predicted molar refractivity (Wildman–Crippen MR) is 112 cm³/mol. The molecule has 1 amide bonds. The number of hydrogen-bond donors (Lipinski definition) is 1. The highest BCUT2D eigenvalue weighted by molar-refractivity contribution is 7.99. The highest BCUT2D eigenvalue weighted by Crippen LogP contribution is 2.30. The van der Waals surface area contributed by atoms with E-state index in [0.29, 0.717) is 45.3 Å². The van der Waals surface area contributed by atoms with Crippen LogP contribution in [0.25, 0.3) is 22.9 Å². The van der Waals surface area contributed by atoms with Gasteiger partial charge in [0.2, 0.25) is 11.1 Å². The summed E-state index contributed by atoms with van der Waals surface area (Å²) in [5.74, 6) is 2.09. The van der Waals surface area contributed by atoms with Crippen LogP contribution < -0.4 is 10.1 Å². The highest BCUT2D eigenvalue weighted by Gasteiger charge is 2.18. The monoisotopic (exact) mass is 422 g/mol. The molecular weight excluding hydrogens is 404 g/mol. The maximum absolute atomic E-state index is 12.3. The SMILES string of the molecule is COc1ccccc1NC(=O)CCSc1nnc(-c2ccco2)c(-c2ccco2)n1. The lowest BCUT2D eigenvalue weighted by molar-refractivity contribution is -0.115. The molecule has 0 unspecified atom stereocenters. The van der Waals surface area contributed by atoms with Crippen molar-refractivity contribution in [3.8, 4) is 28.7 Å². The van der Waals surface area contributed by atoms with Gasteiger partial charge in [-0.05, 0) is 36.4 Å². The Bertz CT molecular complexity index is 1110. The largest absolute Gasteiger partial charge is 0.495 e. The van der Waals surface area contributed by atoms with Gasteiger partial charge in [0, 0.05) is 12.2 Å². The van der Waals surface area contributed by atoms with E-state index in [1.54, 1.807) is 56.0 Å². The first-order chi connectivity index (χ1) is 14.7. The molecule has 4 aromatic rings. The number of rotatable bonds is 8. The molecule has 3 aromatic heterocycles. The summed E-state index contributed by atoms with van der Waals surface area (Å²) in [6.45, 7) is 0. The molecular formula is C21H18N4O4S. The summed E-state index contributed by atoms with van der Waals surface area (Å²) in [6, 6.07) is 14.4. The molecule has 0 aliphatic rings. The summed E-state index contributed by atoms with van der Waals surface area (Å²) in [5.41, 5.74) is 1.66. The van der Waals surface area contributed by atoms with E-state index >= 15 is 0 Å². The van der Waals surface area contributed by atoms with Gasteiger partial charge in [0.1, 0.15) is 11.4 Å². The summed E-state index contributed by atoms with van der Waals surface area (Å²) in [7, 11) is 1.56. The number of ether oxygens (including phenoxy) is 1. The molecule has 0 aliphatic heterocycles. The molecule has 0 aliphatic carbocycles. The Balaban J connectivity index is 1.43. The predicted octanol–water partition coefficient (Wildman–Crippen LogP) is 4.52. The van der Waals surface area contributed by atoms with Crippen LogP contribution in [0, 0.1) is 0 Å². The summed E-state index contributed by atoms with van der Waals surface area (Å²) in [6.07, 6.45) is 3.41. The third-order valence-corrected chi connectivity index (χ3v) is 4.96. The first-order valence-electron chi connectivity index (χ1n) is 9.12. The molecule has 9 heteroatoms. The third-order valence-electron chi connectivity index (χ3n) is 4.12. The lowest BCUT2D eigenvalue weighted by Gasteiger charge is -2.09. The van der Waals surface area contributed by atoms with Crippen molar-refractivity contribution < 1.29 is 18.4 Å². The lowest BCUT2D eigenvalue weighted by Crippen LogP contribution is -2.13. The number of furan rings is 2. The van der Waals surface area contributed by atoms with Gasteiger partial charge in [-0.15, -0.1) is 10.2 Å². The van der Waals surface area contributed by atoms with Crippen LogP contribution in [0.2, 0.25) is 0 Å². The van der Waals surface area contributed by atoms with Gasteiger partial charge < -0.3 is 18.9 Å². The number of benzene rings is 1. The number of nitrogens with one attached hydrogen (secondary N) is 1. The first kappa shape index (κ1) is 19.7. The van der Waals surface area contributed by atoms with Crippen LogP contribution in [0.15, 0.2) is 75.0 Å². The van der Waals surface area contributed by atoms with Crippen LogP contribution in [0.5, 0.6) is 5.75 Å². The van der Waals surface area contributed by atoms with Crippen molar-refractivity contribution >= 4 is 23.4 Å². The van der Waals surface area contributed by atoms with Crippen LogP contribution in [0.1, 0.15) is 6.42 Å². The Hall–Kier alpha value is -3.59. The Kier molecular flexibility index (Phi) is 6.09. The zero-order valence-electron chi connectivity index (χ0n) is 16.1. The van der Waals surface area contributed by atoms with Gasteiger partial charge in [0.25, 0.3) is 0 Å². The van der Waals surface area contributed by atoms with Gasteiger partial charge >= 0.3 is 0 Å². The van der Waals surface area contributed by atoms with E-state index in [1.165, 1.54) is 11.8 Å². The number of anilines is 1. The zero-order chi connectivity index (χ0) is 20.8. The molecule has 0 radical (unpaired) electrons. The number of aromatic nitrogens is 3. The topological polar surface area (TPSA) is 103 Å². The molecule has 1 N–H and O–H groups in total. The molecule has 0 atom stereocenters. The number of methoxy groups -OCH3 is 1. The average molecular weight is 422 g/mol. The van der Waals surface area contributed by atoms with Crippen molar-refractivity contribution in [2.45, 2.75) is 11.6 Å². The molecule has 0 saturated carbocycles. The van der Waals surface area contributed by atoms with Gasteiger partial charge in [0.05, 0.1) is 25.3 Å². The number of nitrogens with zero attached hydrogens (tertiary/aromatic N) is 3. The molecule has 152 valence electrons. The van der Waals surface area contributed by atoms with Gasteiger partial charge in [-0.2, -0.15) is 0 Å². The first-order valence-corrected chi connectivity index (χ1v) is 10.1. The number of para-hydroxylation sites is 2. The number of thioether (sulfide) groups is 1.